The maximum absolute atomic E-state index is 12.6. The normalized spacial score (nSPS) is 11.4. The highest BCUT2D eigenvalue weighted by atomic mass is 35.5. The summed E-state index contributed by atoms with van der Waals surface area (Å²) in [6.45, 7) is 3.00. The van der Waals surface area contributed by atoms with Crippen molar-refractivity contribution in [3.63, 3.8) is 0 Å². The molecule has 7 nitrogen and oxygen atoms in total. The fourth-order valence-electron chi connectivity index (χ4n) is 3.05. The largest absolute Gasteiger partial charge is 0.455 e. The van der Waals surface area contributed by atoms with Crippen LogP contribution < -0.4 is 15.4 Å². The first-order chi connectivity index (χ1) is 16.3. The van der Waals surface area contributed by atoms with Gasteiger partial charge in [0, 0.05) is 0 Å². The van der Waals surface area contributed by atoms with Crippen LogP contribution in [0.3, 0.4) is 0 Å². The van der Waals surface area contributed by atoms with Crippen LogP contribution in [0.1, 0.15) is 24.2 Å². The van der Waals surface area contributed by atoms with Crippen LogP contribution >= 0.6 is 11.6 Å². The molecule has 0 spiro atoms. The molecule has 0 aromatic heterocycles. The van der Waals surface area contributed by atoms with Crippen molar-refractivity contribution in [2.75, 3.05) is 11.9 Å². The first kappa shape index (κ1) is 24.8. The molecule has 8 heteroatoms. The number of benzene rings is 3. The van der Waals surface area contributed by atoms with Gasteiger partial charge in [0.15, 0.2) is 12.4 Å². The summed E-state index contributed by atoms with van der Waals surface area (Å²) >= 11 is 6.07. The van der Waals surface area contributed by atoms with E-state index in [1.807, 2.05) is 18.2 Å². The molecule has 2 N–H and O–H groups in total. The van der Waals surface area contributed by atoms with Crippen molar-refractivity contribution in [1.29, 1.82) is 0 Å². The molecule has 0 aliphatic heterocycles. The van der Waals surface area contributed by atoms with Crippen LogP contribution in [-0.2, 0) is 14.3 Å². The van der Waals surface area contributed by atoms with Crippen molar-refractivity contribution in [3.05, 3.63) is 89.4 Å². The van der Waals surface area contributed by atoms with Gasteiger partial charge < -0.3 is 20.1 Å². The molecule has 3 aromatic rings. The summed E-state index contributed by atoms with van der Waals surface area (Å²) in [5.41, 5.74) is 0.676. The highest BCUT2D eigenvalue weighted by Crippen LogP contribution is 2.29. The molecule has 0 aliphatic carbocycles. The van der Waals surface area contributed by atoms with Crippen LogP contribution in [0.5, 0.6) is 11.5 Å². The summed E-state index contributed by atoms with van der Waals surface area (Å²) in [5.74, 6) is -0.985. The maximum atomic E-state index is 12.6. The number of carbonyl (C=O) groups is 3. The summed E-state index contributed by atoms with van der Waals surface area (Å²) in [6, 6.07) is 21.6. The molecule has 3 aromatic carbocycles. The molecule has 0 saturated heterocycles. The van der Waals surface area contributed by atoms with Gasteiger partial charge in [-0.2, -0.15) is 0 Å². The number of hydrogen-bond acceptors (Lipinski definition) is 5. The Morgan fingerprint density at radius 3 is 2.24 bits per heavy atom. The van der Waals surface area contributed by atoms with Crippen LogP contribution in [0, 0.1) is 5.92 Å². The molecule has 0 aliphatic rings. The number of carbonyl (C=O) groups excluding carboxylic acids is 3. The first-order valence-electron chi connectivity index (χ1n) is 10.7. The third-order valence-electron chi connectivity index (χ3n) is 4.80. The zero-order valence-electron chi connectivity index (χ0n) is 18.8. The SMILES string of the molecule is CC(C)[C@H](NC(=O)c1ccccc1Cl)C(=O)OCC(=O)Nc1ccccc1Oc1ccccc1. The number of esters is 1. The van der Waals surface area contributed by atoms with E-state index in [4.69, 9.17) is 21.1 Å². The topological polar surface area (TPSA) is 93.7 Å². The van der Waals surface area contributed by atoms with Gasteiger partial charge in [-0.3, -0.25) is 9.59 Å². The summed E-state index contributed by atoms with van der Waals surface area (Å²) in [4.78, 5) is 37.6. The Kier molecular flexibility index (Phi) is 8.65. The molecule has 0 saturated carbocycles. The zero-order valence-corrected chi connectivity index (χ0v) is 19.5. The second-order valence-corrected chi connectivity index (χ2v) is 8.15. The lowest BCUT2D eigenvalue weighted by Gasteiger charge is -2.21. The molecule has 176 valence electrons. The van der Waals surface area contributed by atoms with E-state index in [1.54, 1.807) is 74.5 Å². The predicted octanol–water partition coefficient (Wildman–Crippen LogP) is 5.07. The molecule has 0 radical (unpaired) electrons. The van der Waals surface area contributed by atoms with Gasteiger partial charge in [-0.05, 0) is 42.3 Å². The lowest BCUT2D eigenvalue weighted by Crippen LogP contribution is -2.46. The van der Waals surface area contributed by atoms with E-state index < -0.39 is 30.4 Å². The number of para-hydroxylation sites is 3. The molecule has 1 atom stereocenters. The van der Waals surface area contributed by atoms with Crippen LogP contribution in [-0.4, -0.2) is 30.4 Å². The number of halogens is 1. The van der Waals surface area contributed by atoms with Gasteiger partial charge >= 0.3 is 5.97 Å². The monoisotopic (exact) mass is 480 g/mol. The second kappa shape index (κ2) is 11.9. The van der Waals surface area contributed by atoms with Crippen molar-refractivity contribution in [2.45, 2.75) is 19.9 Å². The third kappa shape index (κ3) is 6.83. The maximum Gasteiger partial charge on any atom is 0.329 e. The number of rotatable bonds is 9. The minimum atomic E-state index is -0.953. The fourth-order valence-corrected chi connectivity index (χ4v) is 3.27. The minimum Gasteiger partial charge on any atom is -0.455 e. The summed E-state index contributed by atoms with van der Waals surface area (Å²) in [7, 11) is 0. The van der Waals surface area contributed by atoms with E-state index in [0.717, 1.165) is 0 Å². The highest BCUT2D eigenvalue weighted by molar-refractivity contribution is 6.33. The Balaban J connectivity index is 1.59. The van der Waals surface area contributed by atoms with E-state index >= 15 is 0 Å². The molecular formula is C26H25ClN2O5. The fraction of sp³-hybridized carbons (Fsp3) is 0.192. The molecular weight excluding hydrogens is 456 g/mol. The molecule has 2 amide bonds. The molecule has 0 heterocycles. The third-order valence-corrected chi connectivity index (χ3v) is 5.13. The number of nitrogens with one attached hydrogen (secondary N) is 2. The highest BCUT2D eigenvalue weighted by Gasteiger charge is 2.27. The van der Waals surface area contributed by atoms with Crippen molar-refractivity contribution < 1.29 is 23.9 Å². The molecule has 0 fully saturated rings. The molecule has 0 bridgehead atoms. The van der Waals surface area contributed by atoms with E-state index in [1.165, 1.54) is 0 Å². The second-order valence-electron chi connectivity index (χ2n) is 7.74. The van der Waals surface area contributed by atoms with Crippen LogP contribution in [0.4, 0.5) is 5.69 Å². The standard InChI is InChI=1S/C26H25ClN2O5/c1-17(2)24(29-25(31)19-12-6-7-13-20(19)27)26(32)33-16-23(30)28-21-14-8-9-15-22(21)34-18-10-4-3-5-11-18/h3-15,17,24H,16H2,1-2H3,(H,28,30)(H,29,31)/t24-/m0/s1. The Labute approximate surface area is 203 Å². The van der Waals surface area contributed by atoms with Crippen LogP contribution in [0.15, 0.2) is 78.9 Å². The average Bonchev–Trinajstić information content (AvgIpc) is 2.83. The summed E-state index contributed by atoms with van der Waals surface area (Å²) in [6.07, 6.45) is 0. The van der Waals surface area contributed by atoms with Gasteiger partial charge in [-0.1, -0.05) is 67.9 Å². The van der Waals surface area contributed by atoms with Crippen molar-refractivity contribution in [1.82, 2.24) is 5.32 Å². The van der Waals surface area contributed by atoms with Crippen LogP contribution in [0.25, 0.3) is 0 Å². The summed E-state index contributed by atoms with van der Waals surface area (Å²) in [5, 5.41) is 5.59. The van der Waals surface area contributed by atoms with Gasteiger partial charge in [0.2, 0.25) is 0 Å². The van der Waals surface area contributed by atoms with Crippen LogP contribution in [0.2, 0.25) is 5.02 Å². The van der Waals surface area contributed by atoms with E-state index in [0.29, 0.717) is 17.2 Å². The Morgan fingerprint density at radius 1 is 0.882 bits per heavy atom. The van der Waals surface area contributed by atoms with Gasteiger partial charge in [0.1, 0.15) is 11.8 Å². The van der Waals surface area contributed by atoms with Gasteiger partial charge in [0.25, 0.3) is 11.8 Å². The molecule has 3 rings (SSSR count). The van der Waals surface area contributed by atoms with Crippen molar-refractivity contribution in [2.24, 2.45) is 5.92 Å². The van der Waals surface area contributed by atoms with E-state index in [-0.39, 0.29) is 16.5 Å². The zero-order chi connectivity index (χ0) is 24.5. The van der Waals surface area contributed by atoms with E-state index in [9.17, 15) is 14.4 Å². The number of ether oxygens (including phenoxy) is 2. The Morgan fingerprint density at radius 2 is 1.53 bits per heavy atom. The quantitative estimate of drug-likeness (QED) is 0.417. The van der Waals surface area contributed by atoms with Gasteiger partial charge in [-0.15, -0.1) is 0 Å². The van der Waals surface area contributed by atoms with Crippen molar-refractivity contribution in [3.8, 4) is 11.5 Å². The number of hydrogen-bond donors (Lipinski definition) is 2. The predicted molar refractivity (Wildman–Crippen MR) is 130 cm³/mol. The minimum absolute atomic E-state index is 0.246. The lowest BCUT2D eigenvalue weighted by atomic mass is 10.0. The summed E-state index contributed by atoms with van der Waals surface area (Å²) < 4.78 is 11.0. The Hall–Kier alpha value is -3.84. The van der Waals surface area contributed by atoms with Gasteiger partial charge in [-0.25, -0.2) is 4.79 Å². The first-order valence-corrected chi connectivity index (χ1v) is 11.1. The number of anilines is 1. The van der Waals surface area contributed by atoms with E-state index in [2.05, 4.69) is 10.6 Å². The van der Waals surface area contributed by atoms with Crippen molar-refractivity contribution >= 4 is 35.1 Å². The number of amides is 2. The lowest BCUT2D eigenvalue weighted by molar-refractivity contribution is -0.150. The Bertz CT molecular complexity index is 1150. The van der Waals surface area contributed by atoms with Gasteiger partial charge in [0.05, 0.1) is 16.3 Å². The smallest absolute Gasteiger partial charge is 0.329 e. The average molecular weight is 481 g/mol. The molecule has 34 heavy (non-hydrogen) atoms. The molecule has 0 unspecified atom stereocenters.